The zero-order valence-corrected chi connectivity index (χ0v) is 11.4. The number of rotatable bonds is 4. The lowest BCUT2D eigenvalue weighted by Crippen LogP contribution is -2.34. The van der Waals surface area contributed by atoms with Crippen LogP contribution in [-0.4, -0.2) is 27.3 Å². The zero-order valence-electron chi connectivity index (χ0n) is 11.4. The summed E-state index contributed by atoms with van der Waals surface area (Å²) >= 11 is 0. The predicted octanol–water partition coefficient (Wildman–Crippen LogP) is 2.33. The number of aliphatic hydroxyl groups excluding tert-OH is 2. The molecule has 0 bridgehead atoms. The van der Waals surface area contributed by atoms with Gasteiger partial charge in [-0.15, -0.1) is 0 Å². The monoisotopic (exact) mass is 281 g/mol. The quantitative estimate of drug-likeness (QED) is 0.652. The van der Waals surface area contributed by atoms with Crippen LogP contribution in [0.3, 0.4) is 0 Å². The average molecular weight is 281 g/mol. The number of nitro benzene ring substituents is 1. The minimum Gasteiger partial charge on any atom is -0.487 e. The summed E-state index contributed by atoms with van der Waals surface area (Å²) in [7, 11) is 0. The molecule has 0 radical (unpaired) electrons. The lowest BCUT2D eigenvalue weighted by molar-refractivity contribution is -0.385. The van der Waals surface area contributed by atoms with E-state index in [0.717, 1.165) is 19.3 Å². The molecule has 1 fully saturated rings. The van der Waals surface area contributed by atoms with Crippen LogP contribution in [0.25, 0.3) is 0 Å². The Morgan fingerprint density at radius 3 is 2.70 bits per heavy atom. The number of nitrogens with zero attached hydrogens (tertiary/aromatic N) is 1. The summed E-state index contributed by atoms with van der Waals surface area (Å²) < 4.78 is 5.76. The van der Waals surface area contributed by atoms with Gasteiger partial charge in [-0.1, -0.05) is 6.42 Å². The van der Waals surface area contributed by atoms with Crippen LogP contribution in [0.15, 0.2) is 18.2 Å². The lowest BCUT2D eigenvalue weighted by Gasteiger charge is -2.29. The molecule has 0 saturated heterocycles. The van der Waals surface area contributed by atoms with Gasteiger partial charge < -0.3 is 14.9 Å². The Balaban J connectivity index is 2.24. The fourth-order valence-electron chi connectivity index (χ4n) is 2.46. The third-order valence-electron chi connectivity index (χ3n) is 3.60. The fraction of sp³-hybridized carbons (Fsp3) is 0.571. The molecule has 1 saturated carbocycles. The van der Waals surface area contributed by atoms with E-state index in [4.69, 9.17) is 4.74 Å². The number of aliphatic hydroxyl groups is 2. The highest BCUT2D eigenvalue weighted by atomic mass is 16.6. The molecule has 0 aliphatic heterocycles. The molecule has 0 amide bonds. The van der Waals surface area contributed by atoms with Gasteiger partial charge in [0.2, 0.25) is 0 Å². The van der Waals surface area contributed by atoms with Crippen LogP contribution in [0.4, 0.5) is 5.69 Å². The van der Waals surface area contributed by atoms with Crippen LogP contribution in [0.5, 0.6) is 5.75 Å². The van der Waals surface area contributed by atoms with Gasteiger partial charge in [-0.2, -0.15) is 0 Å². The van der Waals surface area contributed by atoms with Gasteiger partial charge in [0.25, 0.3) is 5.69 Å². The molecule has 0 spiro atoms. The molecule has 110 valence electrons. The third kappa shape index (κ3) is 3.26. The summed E-state index contributed by atoms with van der Waals surface area (Å²) in [5, 5.41) is 30.4. The second-order valence-corrected chi connectivity index (χ2v) is 5.16. The van der Waals surface area contributed by atoms with Crippen molar-refractivity contribution in [1.29, 1.82) is 0 Å². The molecule has 6 heteroatoms. The van der Waals surface area contributed by atoms with E-state index in [1.165, 1.54) is 25.1 Å². The summed E-state index contributed by atoms with van der Waals surface area (Å²) in [6, 6.07) is 4.15. The van der Waals surface area contributed by atoms with E-state index in [1.807, 2.05) is 0 Å². The Bertz CT molecular complexity index is 488. The predicted molar refractivity (Wildman–Crippen MR) is 72.6 cm³/mol. The fourth-order valence-corrected chi connectivity index (χ4v) is 2.46. The summed E-state index contributed by atoms with van der Waals surface area (Å²) in [5.74, 6) is 0.400. The molecule has 1 aliphatic carbocycles. The first kappa shape index (κ1) is 14.7. The van der Waals surface area contributed by atoms with Gasteiger partial charge in [0.05, 0.1) is 17.1 Å². The van der Waals surface area contributed by atoms with Crippen molar-refractivity contribution in [3.05, 3.63) is 33.9 Å². The first-order chi connectivity index (χ1) is 9.49. The number of nitro groups is 1. The summed E-state index contributed by atoms with van der Waals surface area (Å²) in [6.07, 6.45) is 1.69. The van der Waals surface area contributed by atoms with E-state index in [2.05, 4.69) is 0 Å². The minimum atomic E-state index is -0.870. The van der Waals surface area contributed by atoms with Crippen molar-refractivity contribution in [2.24, 2.45) is 0 Å². The molecule has 0 aromatic heterocycles. The molecule has 1 aliphatic rings. The normalized spacial score (nSPS) is 24.1. The summed E-state index contributed by atoms with van der Waals surface area (Å²) in [4.78, 5) is 10.3. The van der Waals surface area contributed by atoms with Crippen LogP contribution in [0.1, 0.15) is 44.3 Å². The SMILES string of the molecule is C[C@@H](O)c1cc([N+](=O)[O-])ccc1OC1CCCCC1O. The van der Waals surface area contributed by atoms with Crippen molar-refractivity contribution in [1.82, 2.24) is 0 Å². The van der Waals surface area contributed by atoms with Crippen LogP contribution in [0.2, 0.25) is 0 Å². The lowest BCUT2D eigenvalue weighted by atomic mass is 9.94. The molecule has 1 aromatic carbocycles. The molecular weight excluding hydrogens is 262 g/mol. The maximum Gasteiger partial charge on any atom is 0.270 e. The number of non-ortho nitro benzene ring substituents is 1. The summed E-state index contributed by atoms with van der Waals surface area (Å²) in [6.45, 7) is 1.53. The Morgan fingerprint density at radius 2 is 2.10 bits per heavy atom. The largest absolute Gasteiger partial charge is 0.487 e. The van der Waals surface area contributed by atoms with Gasteiger partial charge in [0.1, 0.15) is 11.9 Å². The second-order valence-electron chi connectivity index (χ2n) is 5.16. The molecule has 2 rings (SSSR count). The molecule has 2 N–H and O–H groups in total. The highest BCUT2D eigenvalue weighted by molar-refractivity contribution is 5.45. The van der Waals surface area contributed by atoms with E-state index in [-0.39, 0.29) is 11.8 Å². The molecule has 6 nitrogen and oxygen atoms in total. The van der Waals surface area contributed by atoms with Crippen molar-refractivity contribution < 1.29 is 19.9 Å². The van der Waals surface area contributed by atoms with E-state index >= 15 is 0 Å². The van der Waals surface area contributed by atoms with Crippen molar-refractivity contribution in [3.63, 3.8) is 0 Å². The molecule has 20 heavy (non-hydrogen) atoms. The van der Waals surface area contributed by atoms with Gasteiger partial charge in [0.15, 0.2) is 0 Å². The summed E-state index contributed by atoms with van der Waals surface area (Å²) in [5.41, 5.74) is 0.286. The molecule has 1 aromatic rings. The maximum atomic E-state index is 10.8. The van der Waals surface area contributed by atoms with E-state index < -0.39 is 17.1 Å². The highest BCUT2D eigenvalue weighted by Crippen LogP contribution is 2.32. The standard InChI is InChI=1S/C14H19NO5/c1-9(16)11-8-10(15(18)19)6-7-13(11)20-14-5-3-2-4-12(14)17/h6-9,12,14,16-17H,2-5H2,1H3/t9-,12?,14?/m1/s1. The van der Waals surface area contributed by atoms with Gasteiger partial charge in [0, 0.05) is 17.7 Å². The number of ether oxygens (including phenoxy) is 1. The van der Waals surface area contributed by atoms with Crippen molar-refractivity contribution in [2.75, 3.05) is 0 Å². The average Bonchev–Trinajstić information content (AvgIpc) is 2.41. The van der Waals surface area contributed by atoms with E-state index in [9.17, 15) is 20.3 Å². The third-order valence-corrected chi connectivity index (χ3v) is 3.60. The molecular formula is C14H19NO5. The van der Waals surface area contributed by atoms with Gasteiger partial charge in [-0.3, -0.25) is 10.1 Å². The zero-order chi connectivity index (χ0) is 14.7. The van der Waals surface area contributed by atoms with Crippen molar-refractivity contribution in [3.8, 4) is 5.75 Å². The van der Waals surface area contributed by atoms with E-state index in [0.29, 0.717) is 17.7 Å². The first-order valence-corrected chi connectivity index (χ1v) is 6.80. The van der Waals surface area contributed by atoms with Gasteiger partial charge >= 0.3 is 0 Å². The number of hydrogen-bond donors (Lipinski definition) is 2. The van der Waals surface area contributed by atoms with Crippen LogP contribution >= 0.6 is 0 Å². The van der Waals surface area contributed by atoms with Crippen molar-refractivity contribution >= 4 is 5.69 Å². The second kappa shape index (κ2) is 6.19. The van der Waals surface area contributed by atoms with Crippen molar-refractivity contribution in [2.45, 2.75) is 50.9 Å². The Hall–Kier alpha value is -1.66. The highest BCUT2D eigenvalue weighted by Gasteiger charge is 2.26. The van der Waals surface area contributed by atoms with Gasteiger partial charge in [-0.05, 0) is 32.3 Å². The molecule has 0 heterocycles. The van der Waals surface area contributed by atoms with E-state index in [1.54, 1.807) is 0 Å². The maximum absolute atomic E-state index is 10.8. The number of hydrogen-bond acceptors (Lipinski definition) is 5. The Kier molecular flexibility index (Phi) is 4.57. The number of benzene rings is 1. The van der Waals surface area contributed by atoms with Crippen LogP contribution in [0, 0.1) is 10.1 Å². The smallest absolute Gasteiger partial charge is 0.270 e. The topological polar surface area (TPSA) is 92.8 Å². The minimum absolute atomic E-state index is 0.0857. The van der Waals surface area contributed by atoms with Crippen LogP contribution < -0.4 is 4.74 Å². The van der Waals surface area contributed by atoms with Gasteiger partial charge in [-0.25, -0.2) is 0 Å². The molecule has 2 unspecified atom stereocenters. The Morgan fingerprint density at radius 1 is 1.40 bits per heavy atom. The first-order valence-electron chi connectivity index (χ1n) is 6.80. The van der Waals surface area contributed by atoms with Crippen LogP contribution in [-0.2, 0) is 0 Å². The Labute approximate surface area is 117 Å². The molecule has 3 atom stereocenters.